The number of fused-ring (bicyclic) bond motifs is 1. The number of hydrogen-bond acceptors (Lipinski definition) is 7. The number of aromatic nitrogens is 3. The summed E-state index contributed by atoms with van der Waals surface area (Å²) >= 11 is 5.99. The lowest BCUT2D eigenvalue weighted by Crippen LogP contribution is -2.55. The van der Waals surface area contributed by atoms with Gasteiger partial charge in [0.05, 0.1) is 22.0 Å². The average molecular weight is 462 g/mol. The third-order valence-electron chi connectivity index (χ3n) is 5.73. The van der Waals surface area contributed by atoms with Crippen molar-refractivity contribution in [2.75, 3.05) is 5.75 Å². The van der Waals surface area contributed by atoms with Gasteiger partial charge in [-0.25, -0.2) is 22.8 Å². The minimum Gasteiger partial charge on any atom is -0.386 e. The summed E-state index contributed by atoms with van der Waals surface area (Å²) < 4.78 is 39.2. The van der Waals surface area contributed by atoms with Crippen molar-refractivity contribution in [2.45, 2.75) is 37.5 Å². The molecule has 1 aliphatic rings. The van der Waals surface area contributed by atoms with Crippen molar-refractivity contribution >= 4 is 38.3 Å². The molecule has 31 heavy (non-hydrogen) atoms. The minimum atomic E-state index is -3.65. The van der Waals surface area contributed by atoms with Crippen LogP contribution in [-0.4, -0.2) is 39.7 Å². The number of nitrogens with zero attached hydrogens (tertiary/aromatic N) is 4. The summed E-state index contributed by atoms with van der Waals surface area (Å²) in [5, 5.41) is 0.464. The molecule has 1 aliphatic heterocycles. The number of sulfone groups is 1. The van der Waals surface area contributed by atoms with Crippen LogP contribution in [0.4, 0.5) is 4.39 Å². The molecule has 0 aliphatic carbocycles. The largest absolute Gasteiger partial charge is 0.386 e. The van der Waals surface area contributed by atoms with Crippen LogP contribution in [0.5, 0.6) is 0 Å². The van der Waals surface area contributed by atoms with E-state index in [-0.39, 0.29) is 17.2 Å². The molecule has 10 heteroatoms. The van der Waals surface area contributed by atoms with Gasteiger partial charge in [0.1, 0.15) is 33.8 Å². The van der Waals surface area contributed by atoms with E-state index in [4.69, 9.17) is 17.3 Å². The lowest BCUT2D eigenvalue weighted by atomic mass is 9.91. The first-order valence-electron chi connectivity index (χ1n) is 9.55. The first-order chi connectivity index (χ1) is 14.4. The van der Waals surface area contributed by atoms with Gasteiger partial charge in [-0.2, -0.15) is 0 Å². The Hall–Kier alpha value is -2.65. The van der Waals surface area contributed by atoms with Gasteiger partial charge in [-0.05, 0) is 38.5 Å². The number of aliphatic imine (C=N–C) groups is 1. The molecule has 2 aromatic heterocycles. The molecule has 3 aromatic rings. The third-order valence-corrected chi connectivity index (χ3v) is 8.65. The smallest absolute Gasteiger partial charge is 0.165 e. The summed E-state index contributed by atoms with van der Waals surface area (Å²) in [6.07, 6.45) is 3.27. The lowest BCUT2D eigenvalue weighted by molar-refractivity contribution is 0.475. The molecule has 0 saturated heterocycles. The third kappa shape index (κ3) is 3.65. The second-order valence-corrected chi connectivity index (χ2v) is 11.3. The molecule has 0 bridgehead atoms. The molecule has 0 unspecified atom stereocenters. The standard InChI is InChI=1S/C21H21ClFN5O2S/c1-20(2)19(24)28-21(3,10-31(20,29)30)14-6-12(4-5-15(14)23)7-16-18-17(27-11-26-16)8-13(22)9-25-18/h4-6,8-9,11H,7,10H2,1-3H3,(H2,24,28)/t21-/m0/s1. The Morgan fingerprint density at radius 1 is 1.16 bits per heavy atom. The molecule has 7 nitrogen and oxygen atoms in total. The second kappa shape index (κ2) is 7.20. The van der Waals surface area contributed by atoms with E-state index in [0.717, 1.165) is 5.56 Å². The fourth-order valence-corrected chi connectivity index (χ4v) is 5.51. The van der Waals surface area contributed by atoms with Crippen LogP contribution >= 0.6 is 11.6 Å². The van der Waals surface area contributed by atoms with Gasteiger partial charge in [-0.1, -0.05) is 23.7 Å². The lowest BCUT2D eigenvalue weighted by Gasteiger charge is -2.38. The van der Waals surface area contributed by atoms with Gasteiger partial charge in [0.15, 0.2) is 9.84 Å². The SMILES string of the molecule is CC1(C)C(N)=N[C@](C)(c2cc(Cc3ncnc4cc(Cl)cnc34)ccc2F)CS1(=O)=O. The van der Waals surface area contributed by atoms with Gasteiger partial charge in [-0.3, -0.25) is 9.98 Å². The Kier molecular flexibility index (Phi) is 5.01. The summed E-state index contributed by atoms with van der Waals surface area (Å²) in [6.45, 7) is 4.60. The zero-order chi connectivity index (χ0) is 22.6. The monoisotopic (exact) mass is 461 g/mol. The van der Waals surface area contributed by atoms with Crippen molar-refractivity contribution in [3.05, 3.63) is 64.5 Å². The van der Waals surface area contributed by atoms with Crippen LogP contribution in [-0.2, 0) is 21.8 Å². The van der Waals surface area contributed by atoms with E-state index < -0.39 is 25.9 Å². The highest BCUT2D eigenvalue weighted by atomic mass is 35.5. The van der Waals surface area contributed by atoms with E-state index in [2.05, 4.69) is 19.9 Å². The topological polar surface area (TPSA) is 111 Å². The zero-order valence-corrected chi connectivity index (χ0v) is 18.8. The Balaban J connectivity index is 1.78. The molecule has 1 aromatic carbocycles. The normalized spacial score (nSPS) is 22.3. The highest BCUT2D eigenvalue weighted by molar-refractivity contribution is 7.93. The maximum atomic E-state index is 14.8. The van der Waals surface area contributed by atoms with Crippen LogP contribution in [0.1, 0.15) is 37.6 Å². The number of pyridine rings is 1. The molecule has 3 heterocycles. The van der Waals surface area contributed by atoms with E-state index in [1.165, 1.54) is 32.4 Å². The zero-order valence-electron chi connectivity index (χ0n) is 17.2. The van der Waals surface area contributed by atoms with E-state index in [1.807, 2.05) is 0 Å². The van der Waals surface area contributed by atoms with E-state index >= 15 is 0 Å². The van der Waals surface area contributed by atoms with Gasteiger partial charge in [-0.15, -0.1) is 0 Å². The fraction of sp³-hybridized carbons (Fsp3) is 0.333. The van der Waals surface area contributed by atoms with E-state index in [1.54, 1.807) is 25.1 Å². The first kappa shape index (κ1) is 21.6. The minimum absolute atomic E-state index is 0.0334. The Bertz CT molecular complexity index is 1340. The molecular weight excluding hydrogens is 441 g/mol. The summed E-state index contributed by atoms with van der Waals surface area (Å²) in [5.74, 6) is -0.922. The molecule has 2 N–H and O–H groups in total. The van der Waals surface area contributed by atoms with Gasteiger partial charge >= 0.3 is 0 Å². The predicted octanol–water partition coefficient (Wildman–Crippen LogP) is 3.19. The molecule has 0 saturated carbocycles. The highest BCUT2D eigenvalue weighted by Gasteiger charge is 2.49. The molecular formula is C21H21ClFN5O2S. The van der Waals surface area contributed by atoms with Crippen molar-refractivity contribution < 1.29 is 12.8 Å². The molecule has 0 amide bonds. The average Bonchev–Trinajstić information content (AvgIpc) is 2.67. The molecule has 0 radical (unpaired) electrons. The summed E-state index contributed by atoms with van der Waals surface area (Å²) in [4.78, 5) is 17.2. The van der Waals surface area contributed by atoms with Crippen molar-refractivity contribution in [1.29, 1.82) is 0 Å². The quantitative estimate of drug-likeness (QED) is 0.641. The first-order valence-corrected chi connectivity index (χ1v) is 11.6. The number of hydrogen-bond donors (Lipinski definition) is 1. The van der Waals surface area contributed by atoms with Crippen LogP contribution in [0.15, 0.2) is 41.8 Å². The molecule has 0 spiro atoms. The van der Waals surface area contributed by atoms with Gasteiger partial charge in [0.2, 0.25) is 0 Å². The van der Waals surface area contributed by atoms with E-state index in [9.17, 15) is 12.8 Å². The van der Waals surface area contributed by atoms with Crippen molar-refractivity contribution in [3.8, 4) is 0 Å². The molecule has 0 fully saturated rings. The summed E-state index contributed by atoms with van der Waals surface area (Å²) in [6, 6.07) is 6.24. The van der Waals surface area contributed by atoms with E-state index in [0.29, 0.717) is 28.2 Å². The van der Waals surface area contributed by atoms with Gasteiger partial charge in [0.25, 0.3) is 0 Å². The van der Waals surface area contributed by atoms with Crippen LogP contribution < -0.4 is 5.73 Å². The second-order valence-electron chi connectivity index (χ2n) is 8.37. The number of rotatable bonds is 3. The van der Waals surface area contributed by atoms with Crippen LogP contribution in [0, 0.1) is 5.82 Å². The maximum absolute atomic E-state index is 14.8. The van der Waals surface area contributed by atoms with Gasteiger partial charge in [0, 0.05) is 18.2 Å². The van der Waals surface area contributed by atoms with Crippen LogP contribution in [0.25, 0.3) is 11.0 Å². The summed E-state index contributed by atoms with van der Waals surface area (Å²) in [7, 11) is -3.65. The molecule has 1 atom stereocenters. The Morgan fingerprint density at radius 2 is 1.90 bits per heavy atom. The molecule has 4 rings (SSSR count). The summed E-state index contributed by atoms with van der Waals surface area (Å²) in [5.41, 5.74) is 7.40. The van der Waals surface area contributed by atoms with Gasteiger partial charge < -0.3 is 5.73 Å². The predicted molar refractivity (Wildman–Crippen MR) is 118 cm³/mol. The Morgan fingerprint density at radius 3 is 2.61 bits per heavy atom. The van der Waals surface area contributed by atoms with Crippen LogP contribution in [0.2, 0.25) is 5.02 Å². The maximum Gasteiger partial charge on any atom is 0.165 e. The number of nitrogens with two attached hydrogens (primary N) is 1. The Labute approximate surface area is 184 Å². The van der Waals surface area contributed by atoms with Crippen molar-refractivity contribution in [3.63, 3.8) is 0 Å². The highest BCUT2D eigenvalue weighted by Crippen LogP contribution is 2.38. The molecule has 162 valence electrons. The number of benzene rings is 1. The van der Waals surface area contributed by atoms with Crippen LogP contribution in [0.3, 0.4) is 0 Å². The number of amidine groups is 1. The van der Waals surface area contributed by atoms with Crippen molar-refractivity contribution in [1.82, 2.24) is 15.0 Å². The fourth-order valence-electron chi connectivity index (χ4n) is 3.67. The number of halogens is 2. The van der Waals surface area contributed by atoms with Crippen molar-refractivity contribution in [2.24, 2.45) is 10.7 Å².